The molecule has 0 fully saturated rings. The summed E-state index contributed by atoms with van der Waals surface area (Å²) in [4.78, 5) is 0. The zero-order valence-electron chi connectivity index (χ0n) is 21.1. The Balaban J connectivity index is 4.91. The highest BCUT2D eigenvalue weighted by Gasteiger charge is 2.39. The van der Waals surface area contributed by atoms with E-state index >= 15 is 0 Å². The van der Waals surface area contributed by atoms with Crippen LogP contribution in [-0.4, -0.2) is 90.4 Å². The Morgan fingerprint density at radius 1 is 0.387 bits per heavy atom. The average Bonchev–Trinajstić information content (AvgIpc) is 2.83. The lowest BCUT2D eigenvalue weighted by Crippen LogP contribution is -2.43. The predicted octanol–water partition coefficient (Wildman–Crippen LogP) is 3.58. The van der Waals surface area contributed by atoms with Crippen LogP contribution in [0.4, 0.5) is 0 Å². The van der Waals surface area contributed by atoms with E-state index in [1.165, 1.54) is 0 Å². The lowest BCUT2D eigenvalue weighted by Gasteiger charge is -2.27. The normalized spacial score (nSPS) is 13.4. The highest BCUT2D eigenvalue weighted by molar-refractivity contribution is 6.61. The summed E-state index contributed by atoms with van der Waals surface area (Å²) in [5.74, 6) is 0.534. The quantitative estimate of drug-likeness (QED) is 0.219. The lowest BCUT2D eigenvalue weighted by molar-refractivity contribution is 0.120. The molecule has 0 N–H and O–H groups in total. The van der Waals surface area contributed by atoms with Crippen molar-refractivity contribution in [2.24, 2.45) is 5.92 Å². The van der Waals surface area contributed by atoms with Gasteiger partial charge in [0.15, 0.2) is 0 Å². The average molecular weight is 503 g/mol. The van der Waals surface area contributed by atoms with Crippen molar-refractivity contribution in [1.29, 1.82) is 0 Å². The molecule has 0 bridgehead atoms. The third-order valence-corrected chi connectivity index (χ3v) is 14.6. The van der Waals surface area contributed by atoms with E-state index in [-0.39, 0.29) is 0 Å². The van der Waals surface area contributed by atoms with E-state index in [9.17, 15) is 0 Å². The zero-order valence-corrected chi connectivity index (χ0v) is 24.1. The highest BCUT2D eigenvalue weighted by atomic mass is 28.4. The predicted molar refractivity (Wildman–Crippen MR) is 126 cm³/mol. The van der Waals surface area contributed by atoms with Crippen molar-refractivity contribution in [1.82, 2.24) is 0 Å². The van der Waals surface area contributed by atoms with Crippen molar-refractivity contribution >= 4 is 26.4 Å². The second-order valence-electron chi connectivity index (χ2n) is 7.43. The molecule has 0 saturated heterocycles. The maximum absolute atomic E-state index is 5.56. The molecule has 0 atom stereocenters. The van der Waals surface area contributed by atoms with Gasteiger partial charge in [-0.2, -0.15) is 0 Å². The van der Waals surface area contributed by atoms with Gasteiger partial charge in [0.1, 0.15) is 0 Å². The van der Waals surface area contributed by atoms with Gasteiger partial charge in [-0.3, -0.25) is 0 Å². The van der Waals surface area contributed by atoms with Gasteiger partial charge >= 0.3 is 26.4 Å². The maximum atomic E-state index is 5.56. The maximum Gasteiger partial charge on any atom is 0.500 e. The minimum Gasteiger partial charge on any atom is -0.377 e. The van der Waals surface area contributed by atoms with Crippen molar-refractivity contribution in [3.63, 3.8) is 0 Å². The summed E-state index contributed by atoms with van der Waals surface area (Å²) < 4.78 is 50.1. The van der Waals surface area contributed by atoms with Gasteiger partial charge in [-0.15, -0.1) is 0 Å². The highest BCUT2D eigenvalue weighted by Crippen LogP contribution is 2.29. The fourth-order valence-electron chi connectivity index (χ4n) is 3.92. The van der Waals surface area contributed by atoms with Crippen LogP contribution in [0.2, 0.25) is 18.1 Å². The Kier molecular flexibility index (Phi) is 17.0. The van der Waals surface area contributed by atoms with Gasteiger partial charge in [0.05, 0.1) is 0 Å². The largest absolute Gasteiger partial charge is 0.500 e. The molecule has 0 amide bonds. The Labute approximate surface area is 193 Å². The monoisotopic (exact) mass is 502 g/mol. The molecule has 0 saturated carbocycles. The molecular formula is C19H46O9Si3. The van der Waals surface area contributed by atoms with Crippen molar-refractivity contribution in [2.45, 2.75) is 56.7 Å². The van der Waals surface area contributed by atoms with Crippen molar-refractivity contribution < 1.29 is 39.8 Å². The van der Waals surface area contributed by atoms with E-state index < -0.39 is 26.4 Å². The van der Waals surface area contributed by atoms with Gasteiger partial charge in [-0.1, -0.05) is 19.3 Å². The summed E-state index contributed by atoms with van der Waals surface area (Å²) in [7, 11) is 7.28. The molecule has 0 aromatic carbocycles. The Hall–Kier alpha value is 0.291. The van der Waals surface area contributed by atoms with Gasteiger partial charge < -0.3 is 39.8 Å². The van der Waals surface area contributed by atoms with Crippen molar-refractivity contribution in [2.75, 3.05) is 64.0 Å². The fourth-order valence-corrected chi connectivity index (χ4v) is 9.17. The molecule has 0 aliphatic rings. The number of rotatable bonds is 21. The SMILES string of the molecule is CO[Si](CCCC(CCC[Si](OC)(OC)OC)CCC[Si](OC)(OC)OC)(OC)OC. The first kappa shape index (κ1) is 31.3. The molecule has 0 aromatic heterocycles. The van der Waals surface area contributed by atoms with Crippen LogP contribution in [0.1, 0.15) is 38.5 Å². The Morgan fingerprint density at radius 2 is 0.581 bits per heavy atom. The summed E-state index contributed by atoms with van der Waals surface area (Å²) in [6.45, 7) is 0. The molecule has 0 aromatic rings. The molecule has 0 heterocycles. The van der Waals surface area contributed by atoms with Crippen LogP contribution in [0.15, 0.2) is 0 Å². The smallest absolute Gasteiger partial charge is 0.377 e. The van der Waals surface area contributed by atoms with E-state index in [1.54, 1.807) is 64.0 Å². The van der Waals surface area contributed by atoms with Gasteiger partial charge in [0.25, 0.3) is 0 Å². The summed E-state index contributed by atoms with van der Waals surface area (Å²) in [6, 6.07) is 2.40. The van der Waals surface area contributed by atoms with Crippen molar-refractivity contribution in [3.8, 4) is 0 Å². The number of hydrogen-bond acceptors (Lipinski definition) is 9. The minimum atomic E-state index is -2.55. The topological polar surface area (TPSA) is 83.1 Å². The second kappa shape index (κ2) is 16.8. The van der Waals surface area contributed by atoms with Gasteiger partial charge in [0, 0.05) is 82.1 Å². The van der Waals surface area contributed by atoms with Gasteiger partial charge in [-0.25, -0.2) is 0 Å². The molecule has 0 unspecified atom stereocenters. The van der Waals surface area contributed by atoms with E-state index in [1.807, 2.05) is 0 Å². The fraction of sp³-hybridized carbons (Fsp3) is 1.00. The summed E-state index contributed by atoms with van der Waals surface area (Å²) in [6.07, 6.45) is 6.13. The molecule has 188 valence electrons. The third-order valence-electron chi connectivity index (χ3n) is 6.09. The van der Waals surface area contributed by atoms with E-state index in [4.69, 9.17) is 39.8 Å². The molecule has 9 nitrogen and oxygen atoms in total. The van der Waals surface area contributed by atoms with E-state index in [0.717, 1.165) is 56.7 Å². The van der Waals surface area contributed by atoms with Crippen LogP contribution in [0.5, 0.6) is 0 Å². The van der Waals surface area contributed by atoms with Crippen LogP contribution < -0.4 is 0 Å². The minimum absolute atomic E-state index is 0.534. The molecule has 31 heavy (non-hydrogen) atoms. The first-order valence-corrected chi connectivity index (χ1v) is 16.6. The number of hydrogen-bond donors (Lipinski definition) is 0. The standard InChI is InChI=1S/C19H46O9Si3/c1-20-29(21-2,22-3)16-10-13-19(14-11-17-30(23-4,24-5)25-6)15-12-18-31(26-7,27-8)28-9/h19H,10-18H2,1-9H3. The summed E-state index contributed by atoms with van der Waals surface area (Å²) in [5, 5.41) is 0. The molecule has 0 radical (unpaired) electrons. The molecule has 0 spiro atoms. The zero-order chi connectivity index (χ0) is 23.8. The van der Waals surface area contributed by atoms with Crippen molar-refractivity contribution in [3.05, 3.63) is 0 Å². The lowest BCUT2D eigenvalue weighted by atomic mass is 9.94. The molecule has 0 aliphatic carbocycles. The van der Waals surface area contributed by atoms with E-state index in [2.05, 4.69) is 0 Å². The third kappa shape index (κ3) is 10.4. The van der Waals surface area contributed by atoms with E-state index in [0.29, 0.717) is 5.92 Å². The van der Waals surface area contributed by atoms with Gasteiger partial charge in [-0.05, 0) is 25.2 Å². The summed E-state index contributed by atoms with van der Waals surface area (Å²) in [5.41, 5.74) is 0. The summed E-state index contributed by atoms with van der Waals surface area (Å²) >= 11 is 0. The molecule has 0 aliphatic heterocycles. The van der Waals surface area contributed by atoms with Crippen LogP contribution >= 0.6 is 0 Å². The van der Waals surface area contributed by atoms with Crippen LogP contribution in [0.25, 0.3) is 0 Å². The Morgan fingerprint density at radius 3 is 0.742 bits per heavy atom. The van der Waals surface area contributed by atoms with Crippen LogP contribution in [-0.2, 0) is 39.8 Å². The molecule has 12 heteroatoms. The van der Waals surface area contributed by atoms with Crippen LogP contribution in [0, 0.1) is 5.92 Å². The molecular weight excluding hydrogens is 456 g/mol. The molecule has 0 rings (SSSR count). The van der Waals surface area contributed by atoms with Crippen LogP contribution in [0.3, 0.4) is 0 Å². The van der Waals surface area contributed by atoms with Gasteiger partial charge in [0.2, 0.25) is 0 Å². The second-order valence-corrected chi connectivity index (χ2v) is 16.7. The first-order chi connectivity index (χ1) is 14.8. The first-order valence-electron chi connectivity index (χ1n) is 10.8. The Bertz CT molecular complexity index is 347.